The van der Waals surface area contributed by atoms with Gasteiger partial charge in [-0.3, -0.25) is 24.6 Å². The lowest BCUT2D eigenvalue weighted by Crippen LogP contribution is -2.55. The van der Waals surface area contributed by atoms with Crippen molar-refractivity contribution in [2.45, 2.75) is 269 Å². The molecule has 0 aliphatic carbocycles. The summed E-state index contributed by atoms with van der Waals surface area (Å²) in [5, 5.41) is 57.1. The van der Waals surface area contributed by atoms with E-state index in [-0.39, 0.29) is 42.7 Å². The van der Waals surface area contributed by atoms with Crippen LogP contribution in [0.15, 0.2) is 0 Å². The molecule has 10 N–H and O–H groups in total. The molecule has 0 heterocycles. The Morgan fingerprint density at radius 2 is 0.987 bits per heavy atom. The lowest BCUT2D eigenvalue weighted by atomic mass is 10.0. The summed E-state index contributed by atoms with van der Waals surface area (Å²) >= 11 is 1.39. The summed E-state index contributed by atoms with van der Waals surface area (Å²) in [5.41, 5.74) is 5.50. The molecule has 0 aliphatic rings. The van der Waals surface area contributed by atoms with Crippen LogP contribution in [0.3, 0.4) is 0 Å². The fourth-order valence-electron chi connectivity index (χ4n) is 8.60. The fraction of sp³-hybridized carbons (Fsp3) is 0.931. The molecule has 0 saturated carbocycles. The van der Waals surface area contributed by atoms with Crippen molar-refractivity contribution < 1.29 is 63.7 Å². The zero-order valence-corrected chi connectivity index (χ0v) is 49.5. The van der Waals surface area contributed by atoms with Crippen LogP contribution >= 0.6 is 11.8 Å². The first-order valence-corrected chi connectivity index (χ1v) is 31.7. The lowest BCUT2D eigenvalue weighted by molar-refractivity contribution is -0.159. The Morgan fingerprint density at radius 3 is 1.48 bits per heavy atom. The number of aliphatic hydroxyl groups is 5. The number of rotatable bonds is 60. The molecule has 0 aromatic rings. The average molecular weight is 1120 g/mol. The number of amides is 2. The first-order valence-electron chi connectivity index (χ1n) is 30.6. The third-order valence-electron chi connectivity index (χ3n) is 13.4. The smallest absolute Gasteiger partial charge is 0.306 e. The van der Waals surface area contributed by atoms with E-state index in [1.807, 2.05) is 0 Å². The van der Waals surface area contributed by atoms with Crippen LogP contribution in [0.2, 0.25) is 0 Å². The number of hydrogen-bond donors (Lipinski definition) is 10. The van der Waals surface area contributed by atoms with Gasteiger partial charge in [-0.15, -0.1) is 0 Å². The molecule has 0 aliphatic heterocycles. The Balaban J connectivity index is 4.27. The number of aliphatic hydroxyl groups excluding tert-OH is 5. The number of unbranched alkanes of at least 4 members (excludes halogenated alkanes) is 25. The van der Waals surface area contributed by atoms with Crippen LogP contribution in [0.1, 0.15) is 233 Å². The van der Waals surface area contributed by atoms with E-state index in [1.165, 1.54) is 147 Å². The standard InChI is InChI=1S/C58H115N5O13S/c1-4-6-8-10-12-14-16-18-20-22-24-26-28-34-55(69)75-47-50(76-56(70)35-29-27-25-23-21-19-17-15-13-11-9-7-5-2)44-59-37-32-41-73-39-30-31-40-74-42-33-38-60-54(68)48-77-43-36-53(62-49(3)65)63-61-45-51(66)57(71)58(72)52(67)46-64/h50-53,57-59,61,63-64,66-67,71-72H,4-48H2,1-3H3,(H,60,68)(H,62,65). The van der Waals surface area contributed by atoms with Crippen molar-refractivity contribution in [1.29, 1.82) is 0 Å². The fourth-order valence-corrected chi connectivity index (χ4v) is 9.44. The van der Waals surface area contributed by atoms with Crippen LogP contribution in [0, 0.1) is 0 Å². The highest BCUT2D eigenvalue weighted by molar-refractivity contribution is 7.99. The Kier molecular flexibility index (Phi) is 55.5. The zero-order chi connectivity index (χ0) is 56.7. The number of carbonyl (C=O) groups is 4. The Labute approximate surface area is 470 Å². The molecular formula is C58H115N5O13S. The highest BCUT2D eigenvalue weighted by Crippen LogP contribution is 2.16. The molecule has 6 atom stereocenters. The number of hydrazine groups is 1. The van der Waals surface area contributed by atoms with Gasteiger partial charge in [-0.1, -0.05) is 168 Å². The van der Waals surface area contributed by atoms with Crippen LogP contribution in [0.4, 0.5) is 0 Å². The van der Waals surface area contributed by atoms with Gasteiger partial charge in [0.2, 0.25) is 11.8 Å². The molecule has 0 rings (SSSR count). The van der Waals surface area contributed by atoms with Crippen molar-refractivity contribution in [1.82, 2.24) is 26.8 Å². The molecule has 6 unspecified atom stereocenters. The lowest BCUT2D eigenvalue weighted by Gasteiger charge is -2.27. The maximum absolute atomic E-state index is 12.9. The first kappa shape index (κ1) is 74.8. The number of carbonyl (C=O) groups excluding carboxylic acids is 4. The Hall–Kier alpha value is -2.17. The minimum Gasteiger partial charge on any atom is -0.462 e. The molecule has 0 aromatic carbocycles. The normalized spacial score (nSPS) is 13.9. The molecule has 0 radical (unpaired) electrons. The van der Waals surface area contributed by atoms with E-state index in [0.29, 0.717) is 77.5 Å². The van der Waals surface area contributed by atoms with Gasteiger partial charge in [0.1, 0.15) is 31.0 Å². The molecule has 0 fully saturated rings. The molecule has 0 bridgehead atoms. The predicted molar refractivity (Wildman–Crippen MR) is 309 cm³/mol. The van der Waals surface area contributed by atoms with Gasteiger partial charge in [0, 0.05) is 65.8 Å². The molecule has 456 valence electrons. The van der Waals surface area contributed by atoms with Crippen molar-refractivity contribution in [3.05, 3.63) is 0 Å². The van der Waals surface area contributed by atoms with Gasteiger partial charge >= 0.3 is 11.9 Å². The highest BCUT2D eigenvalue weighted by atomic mass is 32.2. The highest BCUT2D eigenvalue weighted by Gasteiger charge is 2.30. The zero-order valence-electron chi connectivity index (χ0n) is 48.7. The van der Waals surface area contributed by atoms with Gasteiger partial charge in [0.25, 0.3) is 0 Å². The van der Waals surface area contributed by atoms with Crippen LogP contribution < -0.4 is 26.8 Å². The summed E-state index contributed by atoms with van der Waals surface area (Å²) in [5.74, 6) is -0.103. The van der Waals surface area contributed by atoms with Crippen LogP contribution in [0.25, 0.3) is 0 Å². The number of hydrogen-bond acceptors (Lipinski definition) is 17. The Bertz CT molecular complexity index is 1350. The summed E-state index contributed by atoms with van der Waals surface area (Å²) in [6.45, 7) is 8.85. The molecule has 0 aromatic heterocycles. The maximum atomic E-state index is 12.9. The summed E-state index contributed by atoms with van der Waals surface area (Å²) in [7, 11) is 0. The van der Waals surface area contributed by atoms with Crippen molar-refractivity contribution in [2.24, 2.45) is 0 Å². The van der Waals surface area contributed by atoms with Crippen molar-refractivity contribution in [3.8, 4) is 0 Å². The van der Waals surface area contributed by atoms with Crippen molar-refractivity contribution in [2.75, 3.05) is 77.3 Å². The average Bonchev–Trinajstić information content (AvgIpc) is 3.41. The molecule has 0 saturated heterocycles. The molecule has 2 amide bonds. The largest absolute Gasteiger partial charge is 0.462 e. The van der Waals surface area contributed by atoms with E-state index in [4.69, 9.17) is 24.1 Å². The summed E-state index contributed by atoms with van der Waals surface area (Å²) < 4.78 is 23.0. The van der Waals surface area contributed by atoms with E-state index < -0.39 is 43.3 Å². The van der Waals surface area contributed by atoms with Crippen molar-refractivity contribution in [3.63, 3.8) is 0 Å². The summed E-state index contributed by atoms with van der Waals surface area (Å²) in [4.78, 5) is 49.5. The minimum atomic E-state index is -1.74. The monoisotopic (exact) mass is 1120 g/mol. The number of esters is 2. The van der Waals surface area contributed by atoms with Gasteiger partial charge in [0.15, 0.2) is 0 Å². The topological polar surface area (TPSA) is 266 Å². The van der Waals surface area contributed by atoms with Crippen LogP contribution in [-0.4, -0.2) is 163 Å². The van der Waals surface area contributed by atoms with Crippen molar-refractivity contribution >= 4 is 35.5 Å². The first-order chi connectivity index (χ1) is 37.4. The minimum absolute atomic E-state index is 0.0600. The second kappa shape index (κ2) is 57.1. The predicted octanol–water partition coefficient (Wildman–Crippen LogP) is 7.82. The third-order valence-corrected chi connectivity index (χ3v) is 14.4. The van der Waals surface area contributed by atoms with Gasteiger partial charge in [-0.05, 0) is 57.2 Å². The number of nitrogens with one attached hydrogen (secondary N) is 5. The molecule has 77 heavy (non-hydrogen) atoms. The second-order valence-corrected chi connectivity index (χ2v) is 22.0. The van der Waals surface area contributed by atoms with E-state index >= 15 is 0 Å². The molecule has 18 nitrogen and oxygen atoms in total. The van der Waals surface area contributed by atoms with Crippen LogP contribution in [0.5, 0.6) is 0 Å². The van der Waals surface area contributed by atoms with E-state index in [1.54, 1.807) is 0 Å². The van der Waals surface area contributed by atoms with Gasteiger partial charge in [0.05, 0.1) is 24.6 Å². The quantitative estimate of drug-likeness (QED) is 0.0120. The van der Waals surface area contributed by atoms with Crippen LogP contribution in [-0.2, 0) is 38.1 Å². The van der Waals surface area contributed by atoms with Gasteiger partial charge in [-0.25, -0.2) is 5.43 Å². The molecule has 0 spiro atoms. The molecular weight excluding hydrogens is 1010 g/mol. The van der Waals surface area contributed by atoms with E-state index in [2.05, 4.69) is 40.6 Å². The number of ether oxygens (including phenoxy) is 4. The van der Waals surface area contributed by atoms with E-state index in [9.17, 15) is 39.6 Å². The second-order valence-electron chi connectivity index (χ2n) is 20.9. The summed E-state index contributed by atoms with van der Waals surface area (Å²) in [6.07, 6.45) is 29.3. The van der Waals surface area contributed by atoms with Gasteiger partial charge in [-0.2, -0.15) is 11.8 Å². The van der Waals surface area contributed by atoms with Gasteiger partial charge < -0.3 is 60.4 Å². The Morgan fingerprint density at radius 1 is 0.532 bits per heavy atom. The summed E-state index contributed by atoms with van der Waals surface area (Å²) in [6, 6.07) is 0. The van der Waals surface area contributed by atoms with E-state index in [0.717, 1.165) is 57.8 Å². The molecule has 19 heteroatoms. The number of thioether (sulfide) groups is 1. The SMILES string of the molecule is CCCCCCCCCCCCCCCC(=O)OCC(CNCCCOCCCCOCCCNC(=O)CSCCC(NNCC(O)C(O)C(O)C(O)CO)NC(C)=O)OC(=O)CCCCCCCCCCCCCCC. The third kappa shape index (κ3) is 51.7. The maximum Gasteiger partial charge on any atom is 0.306 e.